The number of carbonyl (C=O) groups excluding carboxylic acids is 1. The summed E-state index contributed by atoms with van der Waals surface area (Å²) in [5, 5.41) is 7.43. The van der Waals surface area contributed by atoms with Gasteiger partial charge in [-0.25, -0.2) is 5.01 Å². The summed E-state index contributed by atoms with van der Waals surface area (Å²) in [6, 6.07) is 22.7. The maximum Gasteiger partial charge on any atom is 0.258 e. The molecule has 4 aromatic rings. The van der Waals surface area contributed by atoms with Crippen LogP contribution in [0.3, 0.4) is 0 Å². The number of hydrogen-bond donors (Lipinski definition) is 1. The lowest BCUT2D eigenvalue weighted by Crippen LogP contribution is -2.27. The molecule has 1 aliphatic heterocycles. The molecular weight excluding hydrogens is 469 g/mol. The monoisotopic (exact) mass is 489 g/mol. The lowest BCUT2D eigenvalue weighted by atomic mass is 9.91. The van der Waals surface area contributed by atoms with Gasteiger partial charge in [0, 0.05) is 27.9 Å². The molecule has 5 rings (SSSR count). The molecule has 0 bridgehead atoms. The van der Waals surface area contributed by atoms with Crippen molar-refractivity contribution in [2.45, 2.75) is 19.4 Å². The first kappa shape index (κ1) is 22.4. The molecule has 1 N–H and O–H groups in total. The summed E-state index contributed by atoms with van der Waals surface area (Å²) < 4.78 is 0. The number of alkyl halides is 1. The molecule has 0 fully saturated rings. The van der Waals surface area contributed by atoms with Gasteiger partial charge in [-0.3, -0.25) is 9.59 Å². The molecule has 34 heavy (non-hydrogen) atoms. The Morgan fingerprint density at radius 1 is 1.06 bits per heavy atom. The van der Waals surface area contributed by atoms with Gasteiger partial charge in [-0.15, -0.1) is 11.6 Å². The molecule has 0 saturated carbocycles. The van der Waals surface area contributed by atoms with Gasteiger partial charge in [0.25, 0.3) is 11.5 Å². The summed E-state index contributed by atoms with van der Waals surface area (Å²) in [5.41, 5.74) is 5.04. The number of aromatic nitrogens is 1. The number of H-pyrrole nitrogens is 1. The smallest absolute Gasteiger partial charge is 0.258 e. The van der Waals surface area contributed by atoms with E-state index in [1.807, 2.05) is 67.6 Å². The molecule has 1 aromatic heterocycles. The van der Waals surface area contributed by atoms with Crippen molar-refractivity contribution in [3.63, 3.8) is 0 Å². The number of hydrazone groups is 1. The van der Waals surface area contributed by atoms with Crippen molar-refractivity contribution in [3.05, 3.63) is 105 Å². The minimum atomic E-state index is -0.347. The Morgan fingerprint density at radius 2 is 1.79 bits per heavy atom. The van der Waals surface area contributed by atoms with Crippen LogP contribution in [-0.2, 0) is 4.79 Å². The van der Waals surface area contributed by atoms with Crippen LogP contribution in [0.2, 0.25) is 5.02 Å². The average molecular weight is 490 g/mol. The van der Waals surface area contributed by atoms with E-state index in [0.717, 1.165) is 27.6 Å². The number of rotatable bonds is 4. The molecule has 1 aliphatic rings. The van der Waals surface area contributed by atoms with Crippen LogP contribution in [0.1, 0.15) is 29.2 Å². The van der Waals surface area contributed by atoms with Crippen molar-refractivity contribution in [2.24, 2.45) is 5.10 Å². The molecule has 7 heteroatoms. The zero-order valence-corrected chi connectivity index (χ0v) is 19.9. The largest absolute Gasteiger partial charge is 0.321 e. The number of carbonyl (C=O) groups is 1. The number of amides is 1. The number of pyridine rings is 1. The first-order valence-corrected chi connectivity index (χ1v) is 11.8. The minimum absolute atomic E-state index is 0.200. The first-order chi connectivity index (χ1) is 16.5. The van der Waals surface area contributed by atoms with Gasteiger partial charge in [0.1, 0.15) is 5.88 Å². The Morgan fingerprint density at radius 3 is 2.50 bits per heavy atom. The van der Waals surface area contributed by atoms with Crippen LogP contribution in [-0.4, -0.2) is 27.5 Å². The van der Waals surface area contributed by atoms with Crippen molar-refractivity contribution in [1.29, 1.82) is 0 Å². The standard InChI is InChI=1S/C27H21Cl2N3O2/c1-16-7-9-17(10-8-16)23-14-22(31-32(23)24(33)15-28)26-25(18-5-3-2-4-6-18)20-13-19(29)11-12-21(20)30-27(26)34/h2-13,23H,14-15H2,1H3,(H,30,34)/t23-/m1/s1. The zero-order valence-electron chi connectivity index (χ0n) is 18.4. The molecule has 0 saturated heterocycles. The second-order valence-electron chi connectivity index (χ2n) is 8.31. The number of fused-ring (bicyclic) bond motifs is 1. The van der Waals surface area contributed by atoms with E-state index >= 15 is 0 Å². The number of nitrogens with zero attached hydrogens (tertiary/aromatic N) is 2. The molecule has 1 atom stereocenters. The Labute approximate surface area is 206 Å². The highest BCUT2D eigenvalue weighted by Gasteiger charge is 2.35. The van der Waals surface area contributed by atoms with Crippen LogP contribution in [0, 0.1) is 6.92 Å². The van der Waals surface area contributed by atoms with Crippen molar-refractivity contribution < 1.29 is 4.79 Å². The van der Waals surface area contributed by atoms with Crippen LogP contribution in [0.25, 0.3) is 22.0 Å². The molecule has 1 amide bonds. The second-order valence-corrected chi connectivity index (χ2v) is 9.01. The lowest BCUT2D eigenvalue weighted by molar-refractivity contribution is -0.130. The summed E-state index contributed by atoms with van der Waals surface area (Å²) in [7, 11) is 0. The highest BCUT2D eigenvalue weighted by atomic mass is 35.5. The predicted molar refractivity (Wildman–Crippen MR) is 138 cm³/mol. The summed E-state index contributed by atoms with van der Waals surface area (Å²) in [5.74, 6) is -0.516. The highest BCUT2D eigenvalue weighted by molar-refractivity contribution is 6.31. The van der Waals surface area contributed by atoms with E-state index in [4.69, 9.17) is 23.2 Å². The summed E-state index contributed by atoms with van der Waals surface area (Å²) in [6.45, 7) is 2.01. The van der Waals surface area contributed by atoms with Gasteiger partial charge < -0.3 is 4.98 Å². The third kappa shape index (κ3) is 4.02. The topological polar surface area (TPSA) is 65.5 Å². The van der Waals surface area contributed by atoms with E-state index in [1.165, 1.54) is 5.01 Å². The number of nitrogens with one attached hydrogen (secondary N) is 1. The van der Waals surface area contributed by atoms with Gasteiger partial charge in [0.05, 0.1) is 17.3 Å². The number of benzene rings is 3. The van der Waals surface area contributed by atoms with E-state index in [9.17, 15) is 9.59 Å². The number of halogens is 2. The molecule has 0 aliphatic carbocycles. The maximum atomic E-state index is 13.4. The van der Waals surface area contributed by atoms with E-state index in [2.05, 4.69) is 10.1 Å². The molecule has 3 aromatic carbocycles. The van der Waals surface area contributed by atoms with E-state index in [-0.39, 0.29) is 23.4 Å². The van der Waals surface area contributed by atoms with Gasteiger partial charge in [0.2, 0.25) is 0 Å². The Kier molecular flexibility index (Phi) is 5.98. The van der Waals surface area contributed by atoms with Crippen LogP contribution >= 0.6 is 23.2 Å². The van der Waals surface area contributed by atoms with Gasteiger partial charge in [-0.2, -0.15) is 5.10 Å². The third-order valence-electron chi connectivity index (χ3n) is 6.07. The Balaban J connectivity index is 1.74. The third-order valence-corrected chi connectivity index (χ3v) is 6.53. The lowest BCUT2D eigenvalue weighted by Gasteiger charge is -2.21. The fourth-order valence-electron chi connectivity index (χ4n) is 4.45. The fourth-order valence-corrected chi connectivity index (χ4v) is 4.74. The van der Waals surface area contributed by atoms with Gasteiger partial charge >= 0.3 is 0 Å². The molecular formula is C27H21Cl2N3O2. The van der Waals surface area contributed by atoms with Gasteiger partial charge in [-0.1, -0.05) is 71.8 Å². The summed E-state index contributed by atoms with van der Waals surface area (Å²) in [6.07, 6.45) is 0.390. The maximum absolute atomic E-state index is 13.4. The van der Waals surface area contributed by atoms with E-state index in [1.54, 1.807) is 12.1 Å². The van der Waals surface area contributed by atoms with Gasteiger partial charge in [0.15, 0.2) is 0 Å². The number of aromatic amines is 1. The van der Waals surface area contributed by atoms with Crippen LogP contribution in [0.5, 0.6) is 0 Å². The first-order valence-electron chi connectivity index (χ1n) is 10.9. The molecule has 5 nitrogen and oxygen atoms in total. The zero-order chi connectivity index (χ0) is 23.8. The van der Waals surface area contributed by atoms with Crippen molar-refractivity contribution in [2.75, 3.05) is 5.88 Å². The molecule has 0 spiro atoms. The Bertz CT molecular complexity index is 1480. The van der Waals surface area contributed by atoms with Crippen LogP contribution in [0.4, 0.5) is 0 Å². The quantitative estimate of drug-likeness (QED) is 0.353. The molecule has 0 unspecified atom stereocenters. The van der Waals surface area contributed by atoms with Crippen LogP contribution in [0.15, 0.2) is 82.7 Å². The second kappa shape index (κ2) is 9.09. The predicted octanol–water partition coefficient (Wildman–Crippen LogP) is 6.07. The van der Waals surface area contributed by atoms with Crippen LogP contribution < -0.4 is 5.56 Å². The minimum Gasteiger partial charge on any atom is -0.321 e. The molecule has 2 heterocycles. The van der Waals surface area contributed by atoms with Crippen molar-refractivity contribution >= 4 is 45.7 Å². The van der Waals surface area contributed by atoms with E-state index < -0.39 is 0 Å². The normalized spacial score (nSPS) is 15.6. The molecule has 0 radical (unpaired) electrons. The fraction of sp³-hybridized carbons (Fsp3) is 0.148. The highest BCUT2D eigenvalue weighted by Crippen LogP contribution is 2.37. The number of aryl methyl sites for hydroxylation is 1. The summed E-state index contributed by atoms with van der Waals surface area (Å²) in [4.78, 5) is 29.1. The Hall–Kier alpha value is -3.41. The average Bonchev–Trinajstić information content (AvgIpc) is 3.29. The molecule has 170 valence electrons. The van der Waals surface area contributed by atoms with Crippen molar-refractivity contribution in [1.82, 2.24) is 9.99 Å². The SMILES string of the molecule is Cc1ccc([C@H]2CC(c3c(-c4ccccc4)c4cc(Cl)ccc4[nH]c3=O)=NN2C(=O)CCl)cc1. The number of hydrogen-bond acceptors (Lipinski definition) is 3. The summed E-state index contributed by atoms with van der Waals surface area (Å²) >= 11 is 12.3. The van der Waals surface area contributed by atoms with E-state index in [0.29, 0.717) is 28.2 Å². The van der Waals surface area contributed by atoms with Gasteiger partial charge in [-0.05, 0) is 36.2 Å². The van der Waals surface area contributed by atoms with Crippen molar-refractivity contribution in [3.8, 4) is 11.1 Å².